The quantitative estimate of drug-likeness (QED) is 0.836. The highest BCUT2D eigenvalue weighted by molar-refractivity contribution is 5.77. The summed E-state index contributed by atoms with van der Waals surface area (Å²) in [5.41, 5.74) is 0. The van der Waals surface area contributed by atoms with Gasteiger partial charge in [0.15, 0.2) is 0 Å². The van der Waals surface area contributed by atoms with Crippen molar-refractivity contribution < 1.29 is 4.79 Å². The summed E-state index contributed by atoms with van der Waals surface area (Å²) < 4.78 is 0. The maximum Gasteiger partial charge on any atom is 0.224 e. The highest BCUT2D eigenvalue weighted by atomic mass is 16.2. The summed E-state index contributed by atoms with van der Waals surface area (Å²) in [5, 5.41) is 3.52. The minimum atomic E-state index is 0.374. The monoisotopic (exact) mass is 252 g/mol. The van der Waals surface area contributed by atoms with E-state index < -0.39 is 0 Å². The number of carbonyl (C=O) groups is 1. The molecule has 3 nitrogen and oxygen atoms in total. The summed E-state index contributed by atoms with van der Waals surface area (Å²) >= 11 is 0. The minimum Gasteiger partial charge on any atom is -0.342 e. The Hall–Kier alpha value is -0.570. The largest absolute Gasteiger partial charge is 0.342 e. The Morgan fingerprint density at radius 2 is 2.17 bits per heavy atom. The normalized spacial score (nSPS) is 33.4. The van der Waals surface area contributed by atoms with Crippen LogP contribution >= 0.6 is 0 Å². The van der Waals surface area contributed by atoms with E-state index in [1.54, 1.807) is 0 Å². The predicted molar refractivity (Wildman–Crippen MR) is 74.4 cm³/mol. The van der Waals surface area contributed by atoms with Gasteiger partial charge in [0.1, 0.15) is 0 Å². The van der Waals surface area contributed by atoms with E-state index in [2.05, 4.69) is 24.1 Å². The van der Waals surface area contributed by atoms with Crippen molar-refractivity contribution in [1.82, 2.24) is 10.2 Å². The van der Waals surface area contributed by atoms with Crippen LogP contribution < -0.4 is 5.32 Å². The molecule has 2 rings (SSSR count). The summed E-state index contributed by atoms with van der Waals surface area (Å²) in [6, 6.07) is 0.410. The standard InChI is InChI=1S/C15H28N2O/c1-3-13-7-5-9-17(11-13)15(18)10-14-12(2)6-4-8-16-14/h12-14,16H,3-11H2,1-2H3. The summed E-state index contributed by atoms with van der Waals surface area (Å²) in [5.74, 6) is 1.76. The van der Waals surface area contributed by atoms with E-state index in [0.717, 1.165) is 25.6 Å². The van der Waals surface area contributed by atoms with Crippen molar-refractivity contribution in [3.63, 3.8) is 0 Å². The van der Waals surface area contributed by atoms with Gasteiger partial charge in [-0.25, -0.2) is 0 Å². The van der Waals surface area contributed by atoms with E-state index in [-0.39, 0.29) is 0 Å². The molecule has 104 valence electrons. The maximum atomic E-state index is 12.4. The molecule has 0 radical (unpaired) electrons. The van der Waals surface area contributed by atoms with Crippen molar-refractivity contribution in [1.29, 1.82) is 0 Å². The third kappa shape index (κ3) is 3.47. The van der Waals surface area contributed by atoms with Crippen LogP contribution in [0.25, 0.3) is 0 Å². The molecule has 2 aliphatic rings. The average Bonchev–Trinajstić information content (AvgIpc) is 2.41. The second-order valence-electron chi connectivity index (χ2n) is 6.14. The van der Waals surface area contributed by atoms with E-state index in [4.69, 9.17) is 0 Å². The van der Waals surface area contributed by atoms with Gasteiger partial charge >= 0.3 is 0 Å². The molecule has 3 unspecified atom stereocenters. The van der Waals surface area contributed by atoms with Gasteiger partial charge in [0.05, 0.1) is 0 Å². The number of piperidine rings is 2. The van der Waals surface area contributed by atoms with Crippen molar-refractivity contribution >= 4 is 5.91 Å². The molecule has 2 heterocycles. The van der Waals surface area contributed by atoms with Crippen LogP contribution in [-0.2, 0) is 4.79 Å². The second kappa shape index (κ2) is 6.55. The molecule has 3 heteroatoms. The van der Waals surface area contributed by atoms with Crippen molar-refractivity contribution in [2.24, 2.45) is 11.8 Å². The number of hydrogen-bond donors (Lipinski definition) is 1. The van der Waals surface area contributed by atoms with Gasteiger partial charge < -0.3 is 10.2 Å². The molecule has 0 aromatic carbocycles. The Morgan fingerprint density at radius 3 is 2.89 bits per heavy atom. The number of nitrogens with one attached hydrogen (secondary N) is 1. The number of nitrogens with zero attached hydrogens (tertiary/aromatic N) is 1. The van der Waals surface area contributed by atoms with E-state index >= 15 is 0 Å². The molecule has 2 aliphatic heterocycles. The van der Waals surface area contributed by atoms with Crippen molar-refractivity contribution in [3.8, 4) is 0 Å². The fraction of sp³-hybridized carbons (Fsp3) is 0.933. The average molecular weight is 252 g/mol. The zero-order chi connectivity index (χ0) is 13.0. The summed E-state index contributed by atoms with van der Waals surface area (Å²) in [6.07, 6.45) is 6.94. The van der Waals surface area contributed by atoms with Crippen LogP contribution in [0, 0.1) is 11.8 Å². The molecule has 0 bridgehead atoms. The Morgan fingerprint density at radius 1 is 1.33 bits per heavy atom. The molecule has 2 saturated heterocycles. The van der Waals surface area contributed by atoms with E-state index in [9.17, 15) is 4.79 Å². The highest BCUT2D eigenvalue weighted by Crippen LogP contribution is 2.22. The lowest BCUT2D eigenvalue weighted by atomic mass is 9.89. The van der Waals surface area contributed by atoms with Gasteiger partial charge in [0, 0.05) is 25.6 Å². The third-order valence-electron chi connectivity index (χ3n) is 4.77. The maximum absolute atomic E-state index is 12.4. The number of rotatable bonds is 3. The predicted octanol–water partition coefficient (Wildman–Crippen LogP) is 2.41. The first-order valence-electron chi connectivity index (χ1n) is 7.72. The zero-order valence-corrected chi connectivity index (χ0v) is 12.0. The first-order valence-corrected chi connectivity index (χ1v) is 7.72. The van der Waals surface area contributed by atoms with Gasteiger partial charge in [-0.1, -0.05) is 20.3 Å². The van der Waals surface area contributed by atoms with Crippen LogP contribution in [0.15, 0.2) is 0 Å². The van der Waals surface area contributed by atoms with Gasteiger partial charge in [-0.05, 0) is 44.1 Å². The summed E-state index contributed by atoms with van der Waals surface area (Å²) in [4.78, 5) is 14.5. The Bertz CT molecular complexity index is 280. The van der Waals surface area contributed by atoms with E-state index in [0.29, 0.717) is 24.3 Å². The molecule has 0 saturated carbocycles. The van der Waals surface area contributed by atoms with Crippen LogP contribution in [0.3, 0.4) is 0 Å². The molecule has 1 N–H and O–H groups in total. The molecule has 1 amide bonds. The number of likely N-dealkylation sites (tertiary alicyclic amines) is 1. The molecular weight excluding hydrogens is 224 g/mol. The lowest BCUT2D eigenvalue weighted by Gasteiger charge is -2.35. The van der Waals surface area contributed by atoms with Gasteiger partial charge in [0.2, 0.25) is 5.91 Å². The molecule has 0 spiro atoms. The van der Waals surface area contributed by atoms with Crippen LogP contribution in [0.2, 0.25) is 0 Å². The first-order chi connectivity index (χ1) is 8.70. The minimum absolute atomic E-state index is 0.374. The van der Waals surface area contributed by atoms with Crippen molar-refractivity contribution in [2.75, 3.05) is 19.6 Å². The SMILES string of the molecule is CCC1CCCN(C(=O)CC2NCCCC2C)C1. The number of amides is 1. The lowest BCUT2D eigenvalue weighted by Crippen LogP contribution is -2.46. The number of carbonyl (C=O) groups excluding carboxylic acids is 1. The van der Waals surface area contributed by atoms with Crippen molar-refractivity contribution in [2.45, 2.75) is 58.4 Å². The smallest absolute Gasteiger partial charge is 0.224 e. The fourth-order valence-electron chi connectivity index (χ4n) is 3.33. The fourth-order valence-corrected chi connectivity index (χ4v) is 3.33. The topological polar surface area (TPSA) is 32.3 Å². The summed E-state index contributed by atoms with van der Waals surface area (Å²) in [6.45, 7) is 7.57. The molecule has 0 aromatic heterocycles. The Kier molecular flexibility index (Phi) is 5.04. The van der Waals surface area contributed by atoms with Crippen LogP contribution in [0.4, 0.5) is 0 Å². The molecule has 3 atom stereocenters. The summed E-state index contributed by atoms with van der Waals surface area (Å²) in [7, 11) is 0. The highest BCUT2D eigenvalue weighted by Gasteiger charge is 2.27. The van der Waals surface area contributed by atoms with Crippen LogP contribution in [0.1, 0.15) is 52.4 Å². The first kappa shape index (κ1) is 13.9. The second-order valence-corrected chi connectivity index (χ2v) is 6.14. The van der Waals surface area contributed by atoms with Gasteiger partial charge in [0.25, 0.3) is 0 Å². The van der Waals surface area contributed by atoms with E-state index in [1.165, 1.54) is 32.1 Å². The van der Waals surface area contributed by atoms with Crippen molar-refractivity contribution in [3.05, 3.63) is 0 Å². The zero-order valence-electron chi connectivity index (χ0n) is 12.0. The van der Waals surface area contributed by atoms with Crippen LogP contribution in [0.5, 0.6) is 0 Å². The molecule has 18 heavy (non-hydrogen) atoms. The van der Waals surface area contributed by atoms with Gasteiger partial charge in [-0.2, -0.15) is 0 Å². The molecule has 0 aromatic rings. The Balaban J connectivity index is 1.83. The molecule has 0 aliphatic carbocycles. The van der Waals surface area contributed by atoms with Gasteiger partial charge in [-0.3, -0.25) is 4.79 Å². The Labute approximate surface area is 111 Å². The van der Waals surface area contributed by atoms with Gasteiger partial charge in [-0.15, -0.1) is 0 Å². The van der Waals surface area contributed by atoms with E-state index in [1.807, 2.05) is 0 Å². The van der Waals surface area contributed by atoms with Crippen LogP contribution in [-0.4, -0.2) is 36.5 Å². The lowest BCUT2D eigenvalue weighted by molar-refractivity contribution is -0.134. The third-order valence-corrected chi connectivity index (χ3v) is 4.77. The molecule has 2 fully saturated rings. The number of hydrogen-bond acceptors (Lipinski definition) is 2. The molecular formula is C15H28N2O.